The van der Waals surface area contributed by atoms with Crippen molar-refractivity contribution in [2.45, 2.75) is 26.4 Å². The van der Waals surface area contributed by atoms with Crippen LogP contribution in [0.1, 0.15) is 31.3 Å². The summed E-state index contributed by atoms with van der Waals surface area (Å²) in [5.74, 6) is -0.0411. The second kappa shape index (κ2) is 8.22. The van der Waals surface area contributed by atoms with Crippen LogP contribution in [0.15, 0.2) is 30.4 Å². The second-order valence-corrected chi connectivity index (χ2v) is 8.24. The van der Waals surface area contributed by atoms with Gasteiger partial charge < -0.3 is 9.47 Å². The summed E-state index contributed by atoms with van der Waals surface area (Å²) in [6.45, 7) is 8.79. The number of carbonyl (C=O) groups excluding carboxylic acids is 2. The monoisotopic (exact) mass is 499 g/mol. The quantitative estimate of drug-likeness (QED) is 0.266. The number of Topliss-reactive ketones (excluding diaryl/α,β-unsaturated/α-hetero) is 1. The van der Waals surface area contributed by atoms with Gasteiger partial charge in [0.05, 0.1) is 23.9 Å². The van der Waals surface area contributed by atoms with Crippen LogP contribution in [-0.2, 0) is 4.74 Å². The average molecular weight is 499 g/mol. The minimum Gasteiger partial charge on any atom is -0.495 e. The smallest absolute Gasteiger partial charge is 0.412 e. The Hall–Kier alpha value is -2.19. The van der Waals surface area contributed by atoms with Crippen molar-refractivity contribution in [3.8, 4) is 11.8 Å². The molecule has 0 atom stereocenters. The van der Waals surface area contributed by atoms with Gasteiger partial charge in [0, 0.05) is 35.7 Å². The zero-order valence-electron chi connectivity index (χ0n) is 15.3. The van der Waals surface area contributed by atoms with Crippen LogP contribution >= 0.6 is 30.3 Å². The fraction of sp³-hybridized carbons (Fsp3) is 0.278. The number of anilines is 1. The Morgan fingerprint density at radius 2 is 2.00 bits per heavy atom. The molecule has 0 aliphatic carbocycles. The van der Waals surface area contributed by atoms with Gasteiger partial charge in [0.25, 0.3) is 0 Å². The third kappa shape index (κ3) is 4.75. The maximum atomic E-state index is 12.4. The number of ketones is 1. The molecule has 2 rings (SSSR count). The number of amides is 1. The van der Waals surface area contributed by atoms with Gasteiger partial charge >= 0.3 is 6.09 Å². The summed E-state index contributed by atoms with van der Waals surface area (Å²) in [6, 6.07) is 6.83. The summed E-state index contributed by atoms with van der Waals surface area (Å²) in [7, 11) is 2.75. The summed E-state index contributed by atoms with van der Waals surface area (Å²) in [4.78, 5) is 24.5. The molecule has 0 spiro atoms. The number of carbonyl (C=O) groups is 2. The molecule has 0 aliphatic rings. The molecule has 0 saturated heterocycles. The molecule has 142 valence electrons. The number of fused-ring (bicyclic) bond motifs is 1. The average Bonchev–Trinajstić information content (AvgIpc) is 2.95. The number of hydrogen-bond acceptors (Lipinski definition) is 6. The van der Waals surface area contributed by atoms with Crippen LogP contribution < -0.4 is 10.1 Å². The topological polar surface area (TPSA) is 93.3 Å². The molecule has 2 aromatic rings. The Balaban J connectivity index is 2.55. The predicted molar refractivity (Wildman–Crippen MR) is 114 cm³/mol. The van der Waals surface area contributed by atoms with Crippen molar-refractivity contribution in [1.82, 2.24) is 3.97 Å². The third-order valence-electron chi connectivity index (χ3n) is 3.42. The first-order valence-electron chi connectivity index (χ1n) is 7.77. The molecule has 1 aromatic carbocycles. The summed E-state index contributed by atoms with van der Waals surface area (Å²) in [6.07, 6.45) is -0.616. The van der Waals surface area contributed by atoms with Crippen LogP contribution in [0.25, 0.3) is 10.9 Å². The highest BCUT2D eigenvalue weighted by atomic mass is 127. The summed E-state index contributed by atoms with van der Waals surface area (Å²) < 4.78 is 12.3. The van der Waals surface area contributed by atoms with E-state index in [1.807, 2.05) is 21.2 Å². The van der Waals surface area contributed by atoms with Gasteiger partial charge in [-0.05, 0) is 39.0 Å². The Bertz CT molecular complexity index is 970. The second-order valence-electron chi connectivity index (χ2n) is 6.55. The van der Waals surface area contributed by atoms with E-state index in [0.717, 1.165) is 5.39 Å². The molecule has 1 heterocycles. The number of nitrogens with one attached hydrogen (secondary N) is 1. The normalized spacial score (nSPS) is 11.0. The van der Waals surface area contributed by atoms with E-state index >= 15 is 0 Å². The Kier molecular flexibility index (Phi) is 6.43. The first-order chi connectivity index (χ1) is 12.6. The highest BCUT2D eigenvalue weighted by molar-refractivity contribution is 14.2. The molecule has 0 aliphatic heterocycles. The molecule has 0 saturated carbocycles. The van der Waals surface area contributed by atoms with Crippen molar-refractivity contribution >= 4 is 58.8 Å². The van der Waals surface area contributed by atoms with Crippen LogP contribution in [0.3, 0.4) is 0 Å². The number of aromatic nitrogens is 1. The first-order valence-corrected chi connectivity index (χ1v) is 11.1. The maximum absolute atomic E-state index is 12.4. The van der Waals surface area contributed by atoms with E-state index < -0.39 is 17.5 Å². The SMILES string of the molecule is C=C(C#N)C(=O)c1cc2cc(OC)c(NC(=O)OC(C)(C)C)cc2n1SI. The summed E-state index contributed by atoms with van der Waals surface area (Å²) in [5.41, 5.74) is 0.602. The van der Waals surface area contributed by atoms with Crippen molar-refractivity contribution in [2.24, 2.45) is 0 Å². The fourth-order valence-electron chi connectivity index (χ4n) is 2.33. The number of halogens is 1. The molecule has 1 amide bonds. The van der Waals surface area contributed by atoms with E-state index in [4.69, 9.17) is 14.7 Å². The van der Waals surface area contributed by atoms with Crippen LogP contribution in [-0.4, -0.2) is 28.6 Å². The molecule has 1 aromatic heterocycles. The molecule has 0 fully saturated rings. The van der Waals surface area contributed by atoms with Gasteiger partial charge in [0.15, 0.2) is 0 Å². The van der Waals surface area contributed by atoms with Gasteiger partial charge in [0.1, 0.15) is 23.1 Å². The van der Waals surface area contributed by atoms with Crippen molar-refractivity contribution in [3.05, 3.63) is 36.0 Å². The van der Waals surface area contributed by atoms with E-state index in [2.05, 4.69) is 11.9 Å². The minimum atomic E-state index is -0.642. The van der Waals surface area contributed by atoms with E-state index in [1.165, 1.54) is 16.2 Å². The highest BCUT2D eigenvalue weighted by Crippen LogP contribution is 2.36. The molecule has 27 heavy (non-hydrogen) atoms. The van der Waals surface area contributed by atoms with Crippen molar-refractivity contribution in [2.75, 3.05) is 12.4 Å². The lowest BCUT2D eigenvalue weighted by Gasteiger charge is -2.20. The Morgan fingerprint density at radius 1 is 1.33 bits per heavy atom. The standard InChI is InChI=1S/C18H18IN3O4S/c1-10(9-20)16(23)14-6-11-7-15(25-5)12(8-13(11)22(14)27-19)21-17(24)26-18(2,3)4/h6-8H,1H2,2-5H3,(H,21,24). The molecular weight excluding hydrogens is 481 g/mol. The van der Waals surface area contributed by atoms with Crippen molar-refractivity contribution < 1.29 is 19.1 Å². The van der Waals surface area contributed by atoms with Crippen LogP contribution in [0.5, 0.6) is 5.75 Å². The van der Waals surface area contributed by atoms with Crippen LogP contribution in [0.4, 0.5) is 10.5 Å². The molecule has 7 nitrogen and oxygen atoms in total. The van der Waals surface area contributed by atoms with Gasteiger partial charge in [0.2, 0.25) is 5.78 Å². The lowest BCUT2D eigenvalue weighted by molar-refractivity contribution is 0.0635. The predicted octanol–water partition coefficient (Wildman–Crippen LogP) is 5.11. The number of nitrogens with zero attached hydrogens (tertiary/aromatic N) is 2. The summed E-state index contributed by atoms with van der Waals surface area (Å²) >= 11 is 2.04. The highest BCUT2D eigenvalue weighted by Gasteiger charge is 2.22. The number of allylic oxidation sites excluding steroid dienone is 1. The van der Waals surface area contributed by atoms with Crippen LogP contribution in [0, 0.1) is 11.3 Å². The molecule has 1 N–H and O–H groups in total. The van der Waals surface area contributed by atoms with E-state index in [9.17, 15) is 9.59 Å². The first kappa shape index (κ1) is 21.1. The molecule has 0 bridgehead atoms. The summed E-state index contributed by atoms with van der Waals surface area (Å²) in [5, 5.41) is 12.3. The maximum Gasteiger partial charge on any atom is 0.412 e. The molecular formula is C18H18IN3O4S. The Labute approximate surface area is 173 Å². The van der Waals surface area contributed by atoms with E-state index in [0.29, 0.717) is 22.6 Å². The number of ether oxygens (including phenoxy) is 2. The van der Waals surface area contributed by atoms with Gasteiger partial charge in [-0.2, -0.15) is 5.26 Å². The zero-order valence-corrected chi connectivity index (χ0v) is 18.2. The lowest BCUT2D eigenvalue weighted by Crippen LogP contribution is -2.27. The zero-order chi connectivity index (χ0) is 20.4. The van der Waals surface area contributed by atoms with Crippen molar-refractivity contribution in [1.29, 1.82) is 5.26 Å². The minimum absolute atomic E-state index is 0.149. The van der Waals surface area contributed by atoms with Gasteiger partial charge in [-0.15, -0.1) is 0 Å². The molecule has 0 unspecified atom stereocenters. The van der Waals surface area contributed by atoms with Crippen molar-refractivity contribution in [3.63, 3.8) is 0 Å². The molecule has 0 radical (unpaired) electrons. The Morgan fingerprint density at radius 3 is 2.52 bits per heavy atom. The molecule has 9 heteroatoms. The van der Waals surface area contributed by atoms with E-state index in [1.54, 1.807) is 49.0 Å². The van der Waals surface area contributed by atoms with Gasteiger partial charge in [-0.1, -0.05) is 6.58 Å². The van der Waals surface area contributed by atoms with E-state index in [-0.39, 0.29) is 5.57 Å². The van der Waals surface area contributed by atoms with Gasteiger partial charge in [-0.25, -0.2) is 4.79 Å². The number of nitriles is 1. The van der Waals surface area contributed by atoms with Crippen LogP contribution in [0.2, 0.25) is 0 Å². The number of hydrogen-bond donors (Lipinski definition) is 1. The number of benzene rings is 1. The van der Waals surface area contributed by atoms with Gasteiger partial charge in [-0.3, -0.25) is 14.1 Å². The fourth-order valence-corrected chi connectivity index (χ4v) is 4.04. The largest absolute Gasteiger partial charge is 0.495 e. The lowest BCUT2D eigenvalue weighted by atomic mass is 10.1. The number of rotatable bonds is 5. The number of methoxy groups -OCH3 is 1. The third-order valence-corrected chi connectivity index (χ3v) is 5.14.